The van der Waals surface area contributed by atoms with Gasteiger partial charge in [0.15, 0.2) is 5.11 Å². The van der Waals surface area contributed by atoms with Crippen LogP contribution in [0.3, 0.4) is 0 Å². The van der Waals surface area contributed by atoms with Gasteiger partial charge in [0.05, 0.1) is 23.8 Å². The number of benzene rings is 2. The maximum atomic E-state index is 12.0. The minimum atomic E-state index is -0.424. The summed E-state index contributed by atoms with van der Waals surface area (Å²) in [6.45, 7) is 2.34. The second kappa shape index (κ2) is 11.6. The molecule has 0 radical (unpaired) electrons. The molecule has 1 amide bonds. The molecule has 0 aromatic heterocycles. The predicted octanol–water partition coefficient (Wildman–Crippen LogP) is 4.84. The average molecular weight is 455 g/mol. The molecular formula is C20H20Cl2N2O4S. The number of halogens is 2. The highest BCUT2D eigenvalue weighted by Crippen LogP contribution is 2.27. The Bertz CT molecular complexity index is 893. The molecule has 2 aromatic rings. The third-order valence-corrected chi connectivity index (χ3v) is 4.32. The lowest BCUT2D eigenvalue weighted by atomic mass is 10.2. The molecule has 0 aliphatic rings. The van der Waals surface area contributed by atoms with E-state index >= 15 is 0 Å². The molecule has 0 bridgehead atoms. The Balaban J connectivity index is 1.74. The molecule has 0 unspecified atom stereocenters. The Morgan fingerprint density at radius 3 is 2.66 bits per heavy atom. The highest BCUT2D eigenvalue weighted by molar-refractivity contribution is 7.80. The number of anilines is 1. The molecule has 0 aliphatic carbocycles. The third kappa shape index (κ3) is 7.89. The van der Waals surface area contributed by atoms with Crippen LogP contribution in [-0.4, -0.2) is 30.2 Å². The normalized spacial score (nSPS) is 10.2. The van der Waals surface area contributed by atoms with E-state index in [0.29, 0.717) is 46.7 Å². The van der Waals surface area contributed by atoms with Crippen molar-refractivity contribution in [3.8, 4) is 5.75 Å². The zero-order chi connectivity index (χ0) is 21.2. The van der Waals surface area contributed by atoms with E-state index in [1.807, 2.05) is 0 Å². The summed E-state index contributed by atoms with van der Waals surface area (Å²) in [5.74, 6) is -0.170. The average Bonchev–Trinajstić information content (AvgIpc) is 2.67. The zero-order valence-electron chi connectivity index (χ0n) is 15.7. The van der Waals surface area contributed by atoms with Crippen molar-refractivity contribution in [2.75, 3.05) is 18.5 Å². The topological polar surface area (TPSA) is 76.7 Å². The molecule has 0 saturated heterocycles. The quantitative estimate of drug-likeness (QED) is 0.337. The predicted molar refractivity (Wildman–Crippen MR) is 118 cm³/mol. The monoisotopic (exact) mass is 454 g/mol. The van der Waals surface area contributed by atoms with Crippen LogP contribution in [0.4, 0.5) is 5.69 Å². The van der Waals surface area contributed by atoms with Crippen LogP contribution in [0.5, 0.6) is 5.75 Å². The van der Waals surface area contributed by atoms with Crippen molar-refractivity contribution in [3.63, 3.8) is 0 Å². The van der Waals surface area contributed by atoms with Gasteiger partial charge in [0.25, 0.3) is 0 Å². The first-order valence-corrected chi connectivity index (χ1v) is 10.0. The van der Waals surface area contributed by atoms with Gasteiger partial charge in [0, 0.05) is 17.1 Å². The first kappa shape index (κ1) is 22.9. The maximum absolute atomic E-state index is 12.0. The summed E-state index contributed by atoms with van der Waals surface area (Å²) in [7, 11) is 0. The number of hydrogen-bond acceptors (Lipinski definition) is 5. The van der Waals surface area contributed by atoms with E-state index < -0.39 is 5.97 Å². The lowest BCUT2D eigenvalue weighted by Gasteiger charge is -2.11. The molecule has 0 heterocycles. The summed E-state index contributed by atoms with van der Waals surface area (Å²) >= 11 is 17.0. The Kier molecular flexibility index (Phi) is 9.18. The van der Waals surface area contributed by atoms with E-state index in [1.54, 1.807) is 49.4 Å². The molecule has 6 nitrogen and oxygen atoms in total. The second-order valence-electron chi connectivity index (χ2n) is 5.83. The summed E-state index contributed by atoms with van der Waals surface area (Å²) in [5, 5.41) is 6.53. The van der Waals surface area contributed by atoms with Crippen molar-refractivity contribution in [2.24, 2.45) is 0 Å². The van der Waals surface area contributed by atoms with E-state index in [4.69, 9.17) is 44.9 Å². The zero-order valence-corrected chi connectivity index (χ0v) is 18.0. The molecule has 2 N–H and O–H groups in total. The number of carbonyl (C=O) groups is 2. The van der Waals surface area contributed by atoms with E-state index in [1.165, 1.54) is 0 Å². The van der Waals surface area contributed by atoms with Crippen LogP contribution < -0.4 is 15.4 Å². The van der Waals surface area contributed by atoms with Crippen LogP contribution >= 0.6 is 35.4 Å². The van der Waals surface area contributed by atoms with Crippen LogP contribution in [0, 0.1) is 0 Å². The summed E-state index contributed by atoms with van der Waals surface area (Å²) < 4.78 is 10.5. The summed E-state index contributed by atoms with van der Waals surface area (Å²) in [4.78, 5) is 23.8. The van der Waals surface area contributed by atoms with E-state index in [2.05, 4.69) is 10.6 Å². The molecule has 0 spiro atoms. The van der Waals surface area contributed by atoms with Crippen LogP contribution in [0.2, 0.25) is 10.0 Å². The Morgan fingerprint density at radius 1 is 1.14 bits per heavy atom. The number of esters is 1. The number of thiocarbonyl (C=S) groups is 1. The van der Waals surface area contributed by atoms with Crippen molar-refractivity contribution < 1.29 is 19.1 Å². The molecule has 29 heavy (non-hydrogen) atoms. The Hall–Kier alpha value is -2.35. The van der Waals surface area contributed by atoms with Crippen LogP contribution in [0.15, 0.2) is 42.5 Å². The van der Waals surface area contributed by atoms with Crippen molar-refractivity contribution in [1.82, 2.24) is 5.32 Å². The van der Waals surface area contributed by atoms with Gasteiger partial charge in [-0.1, -0.05) is 29.3 Å². The second-order valence-corrected chi connectivity index (χ2v) is 7.08. The van der Waals surface area contributed by atoms with Gasteiger partial charge in [-0.25, -0.2) is 4.79 Å². The fourth-order valence-electron chi connectivity index (χ4n) is 2.30. The van der Waals surface area contributed by atoms with Gasteiger partial charge in [0.1, 0.15) is 5.75 Å². The highest BCUT2D eigenvalue weighted by atomic mass is 35.5. The fraction of sp³-hybridized carbons (Fsp3) is 0.250. The SMILES string of the molecule is CCOC(=O)c1cccc(NC(=S)NC(=O)CCCOc2ccc(Cl)cc2Cl)c1. The van der Waals surface area contributed by atoms with Gasteiger partial charge in [-0.15, -0.1) is 0 Å². The Morgan fingerprint density at radius 2 is 1.93 bits per heavy atom. The number of ether oxygens (including phenoxy) is 2. The van der Waals surface area contributed by atoms with Crippen LogP contribution in [0.25, 0.3) is 0 Å². The van der Waals surface area contributed by atoms with E-state index in [-0.39, 0.29) is 17.4 Å². The van der Waals surface area contributed by atoms with Gasteiger partial charge >= 0.3 is 5.97 Å². The number of amides is 1. The number of nitrogens with one attached hydrogen (secondary N) is 2. The highest BCUT2D eigenvalue weighted by Gasteiger charge is 2.09. The lowest BCUT2D eigenvalue weighted by molar-refractivity contribution is -0.119. The summed E-state index contributed by atoms with van der Waals surface area (Å²) in [6, 6.07) is 11.6. The number of carbonyl (C=O) groups excluding carboxylic acids is 2. The molecule has 0 saturated carbocycles. The first-order valence-electron chi connectivity index (χ1n) is 8.85. The number of hydrogen-bond donors (Lipinski definition) is 2. The summed E-state index contributed by atoms with van der Waals surface area (Å²) in [5.41, 5.74) is 0.963. The standard InChI is InChI=1S/C20H20Cl2N2O4S/c1-2-27-19(26)13-5-3-6-15(11-13)23-20(29)24-18(25)7-4-10-28-17-9-8-14(21)12-16(17)22/h3,5-6,8-9,11-12H,2,4,7,10H2,1H3,(H2,23,24,25,29). The Labute approximate surface area is 184 Å². The van der Waals surface area contributed by atoms with E-state index in [0.717, 1.165) is 0 Å². The van der Waals surface area contributed by atoms with Gasteiger partial charge in [-0.3, -0.25) is 4.79 Å². The minimum absolute atomic E-state index is 0.137. The first-order chi connectivity index (χ1) is 13.9. The van der Waals surface area contributed by atoms with E-state index in [9.17, 15) is 9.59 Å². The molecule has 2 aromatic carbocycles. The fourth-order valence-corrected chi connectivity index (χ4v) is 2.99. The van der Waals surface area contributed by atoms with Crippen LogP contribution in [-0.2, 0) is 9.53 Å². The molecule has 9 heteroatoms. The summed E-state index contributed by atoms with van der Waals surface area (Å²) in [6.07, 6.45) is 0.696. The third-order valence-electron chi connectivity index (χ3n) is 3.58. The van der Waals surface area contributed by atoms with Crippen molar-refractivity contribution in [1.29, 1.82) is 0 Å². The van der Waals surface area contributed by atoms with Crippen molar-refractivity contribution >= 4 is 58.1 Å². The molecule has 2 rings (SSSR count). The number of rotatable bonds is 8. The molecule has 0 atom stereocenters. The molecular weight excluding hydrogens is 435 g/mol. The van der Waals surface area contributed by atoms with Gasteiger partial charge in [-0.05, 0) is 62.0 Å². The largest absolute Gasteiger partial charge is 0.492 e. The van der Waals surface area contributed by atoms with Gasteiger partial charge in [0.2, 0.25) is 5.91 Å². The molecule has 0 aliphatic heterocycles. The molecule has 0 fully saturated rings. The van der Waals surface area contributed by atoms with Crippen molar-refractivity contribution in [3.05, 3.63) is 58.1 Å². The van der Waals surface area contributed by atoms with Gasteiger partial charge < -0.3 is 20.1 Å². The lowest BCUT2D eigenvalue weighted by Crippen LogP contribution is -2.34. The smallest absolute Gasteiger partial charge is 0.338 e. The van der Waals surface area contributed by atoms with Crippen molar-refractivity contribution in [2.45, 2.75) is 19.8 Å². The van der Waals surface area contributed by atoms with Gasteiger partial charge in [-0.2, -0.15) is 0 Å². The minimum Gasteiger partial charge on any atom is -0.492 e. The van der Waals surface area contributed by atoms with Crippen LogP contribution in [0.1, 0.15) is 30.1 Å². The maximum Gasteiger partial charge on any atom is 0.338 e. The molecule has 154 valence electrons.